The number of aryl methyl sites for hydroxylation is 2. The van der Waals surface area contributed by atoms with E-state index in [9.17, 15) is 4.79 Å². The number of hydrogen-bond donors (Lipinski definition) is 1. The second-order valence-corrected chi connectivity index (χ2v) is 9.44. The Morgan fingerprint density at radius 3 is 2.63 bits per heavy atom. The Morgan fingerprint density at radius 2 is 1.86 bits per heavy atom. The monoisotopic (exact) mass is 512 g/mol. The van der Waals surface area contributed by atoms with Gasteiger partial charge in [0.25, 0.3) is 5.91 Å². The molecule has 0 unspecified atom stereocenters. The van der Waals surface area contributed by atoms with Crippen LogP contribution in [0.3, 0.4) is 0 Å². The molecule has 35 heavy (non-hydrogen) atoms. The number of carbonyl (C=O) groups is 1. The lowest BCUT2D eigenvalue weighted by atomic mass is 10.1. The van der Waals surface area contributed by atoms with E-state index in [0.717, 1.165) is 16.9 Å². The van der Waals surface area contributed by atoms with Crippen molar-refractivity contribution in [2.45, 2.75) is 27.7 Å². The van der Waals surface area contributed by atoms with Crippen molar-refractivity contribution in [1.29, 1.82) is 5.41 Å². The number of amides is 1. The van der Waals surface area contributed by atoms with Crippen LogP contribution in [0.1, 0.15) is 30.5 Å². The van der Waals surface area contributed by atoms with Crippen molar-refractivity contribution in [3.8, 4) is 17.2 Å². The topological polar surface area (TPSA) is 96.6 Å². The molecule has 2 aliphatic rings. The zero-order chi connectivity index (χ0) is 25.1. The van der Waals surface area contributed by atoms with Crippen LogP contribution in [0.5, 0.6) is 17.2 Å². The van der Waals surface area contributed by atoms with Crippen LogP contribution < -0.4 is 14.2 Å². The summed E-state index contributed by atoms with van der Waals surface area (Å²) in [5.74, 6) is 1.09. The second kappa shape index (κ2) is 10.5. The maximum Gasteiger partial charge on any atom is 0.283 e. The number of nitrogens with one attached hydrogen (secondary N) is 1. The fourth-order valence-electron chi connectivity index (χ4n) is 3.49. The summed E-state index contributed by atoms with van der Waals surface area (Å²) in [6, 6.07) is 9.42. The Labute approximate surface area is 213 Å². The Morgan fingerprint density at radius 1 is 1.09 bits per heavy atom. The third-order valence-corrected chi connectivity index (χ3v) is 6.23. The normalized spacial score (nSPS) is 16.3. The molecule has 0 aromatic heterocycles. The highest BCUT2D eigenvalue weighted by Gasteiger charge is 2.34. The van der Waals surface area contributed by atoms with Crippen LogP contribution in [-0.2, 0) is 4.79 Å². The fraction of sp³-hybridized carbons (Fsp3) is 0.280. The number of hydrogen-bond acceptors (Lipinski definition) is 7. The molecule has 0 radical (unpaired) electrons. The summed E-state index contributed by atoms with van der Waals surface area (Å²) in [5, 5.41) is 15.4. The molecule has 0 bridgehead atoms. The summed E-state index contributed by atoms with van der Waals surface area (Å²) in [5.41, 5.74) is 2.86. The van der Waals surface area contributed by atoms with Crippen molar-refractivity contribution in [3.05, 3.63) is 57.6 Å². The van der Waals surface area contributed by atoms with Gasteiger partial charge in [-0.05, 0) is 80.4 Å². The molecule has 0 saturated carbocycles. The fourth-order valence-corrected chi connectivity index (χ4v) is 4.49. The molecule has 2 aromatic carbocycles. The summed E-state index contributed by atoms with van der Waals surface area (Å²) in [7, 11) is 0. The van der Waals surface area contributed by atoms with Gasteiger partial charge in [-0.25, -0.2) is 0 Å². The van der Waals surface area contributed by atoms with Gasteiger partial charge in [-0.3, -0.25) is 10.2 Å². The summed E-state index contributed by atoms with van der Waals surface area (Å²) >= 11 is 7.79. The van der Waals surface area contributed by atoms with Crippen LogP contribution in [0, 0.1) is 19.3 Å². The maximum absolute atomic E-state index is 12.6. The molecule has 2 heterocycles. The summed E-state index contributed by atoms with van der Waals surface area (Å²) in [6.45, 7) is 8.65. The molecular formula is C25H25ClN4O4S. The first-order chi connectivity index (χ1) is 16.8. The average Bonchev–Trinajstić information content (AvgIpc) is 3.18. The Hall–Kier alpha value is -3.30. The number of aliphatic imine (C=N–C) groups is 1. The zero-order valence-electron chi connectivity index (χ0n) is 19.8. The van der Waals surface area contributed by atoms with Gasteiger partial charge in [0.1, 0.15) is 19.0 Å². The first-order valence-corrected chi connectivity index (χ1v) is 12.2. The zero-order valence-corrected chi connectivity index (χ0v) is 21.4. The molecule has 1 N–H and O–H groups in total. The molecule has 10 heteroatoms. The van der Waals surface area contributed by atoms with E-state index in [0.29, 0.717) is 45.5 Å². The highest BCUT2D eigenvalue weighted by Crippen LogP contribution is 2.38. The molecule has 2 aromatic rings. The lowest BCUT2D eigenvalue weighted by molar-refractivity contribution is -0.114. The van der Waals surface area contributed by atoms with Crippen molar-refractivity contribution in [2.75, 3.05) is 19.8 Å². The van der Waals surface area contributed by atoms with Crippen molar-refractivity contribution in [2.24, 2.45) is 10.1 Å². The van der Waals surface area contributed by atoms with Crippen LogP contribution in [0.2, 0.25) is 5.02 Å². The SMILES string of the molecule is CCOc1cc(/C=C2/C(=N)N3N=C(C)SC3=NC2=O)cc(Cl)c1OCCOc1cc(C)ccc1C. The minimum atomic E-state index is -0.503. The number of hydrazone groups is 1. The van der Waals surface area contributed by atoms with Crippen LogP contribution in [0.4, 0.5) is 0 Å². The predicted octanol–water partition coefficient (Wildman–Crippen LogP) is 5.45. The molecule has 4 rings (SSSR count). The Kier molecular flexibility index (Phi) is 7.47. The highest BCUT2D eigenvalue weighted by molar-refractivity contribution is 8.26. The quantitative estimate of drug-likeness (QED) is 0.373. The summed E-state index contributed by atoms with van der Waals surface area (Å²) in [6.07, 6.45) is 1.56. The molecule has 1 amide bonds. The van der Waals surface area contributed by atoms with Crippen LogP contribution >= 0.6 is 23.4 Å². The van der Waals surface area contributed by atoms with Gasteiger partial charge in [0, 0.05) is 0 Å². The number of ether oxygens (including phenoxy) is 3. The second-order valence-electron chi connectivity index (χ2n) is 7.87. The van der Waals surface area contributed by atoms with E-state index in [4.69, 9.17) is 31.2 Å². The molecular weight excluding hydrogens is 488 g/mol. The molecule has 0 spiro atoms. The summed E-state index contributed by atoms with van der Waals surface area (Å²) < 4.78 is 17.5. The summed E-state index contributed by atoms with van der Waals surface area (Å²) in [4.78, 5) is 16.6. The van der Waals surface area contributed by atoms with E-state index in [1.54, 1.807) is 25.1 Å². The molecule has 182 valence electrons. The standard InChI is InChI=1S/C25H25ClN4O4S/c1-5-32-21-13-17(11-18-23(27)30-25(28-24(18)31)35-16(4)29-30)12-19(26)22(21)34-9-8-33-20-10-14(2)6-7-15(20)3/h6-7,10-13,27H,5,8-9H2,1-4H3/b18-11-,27-23?. The smallest absolute Gasteiger partial charge is 0.283 e. The molecule has 0 fully saturated rings. The average molecular weight is 513 g/mol. The predicted molar refractivity (Wildman–Crippen MR) is 140 cm³/mol. The number of halogens is 1. The molecule has 0 atom stereocenters. The van der Waals surface area contributed by atoms with E-state index in [1.165, 1.54) is 16.8 Å². The molecule has 8 nitrogen and oxygen atoms in total. The first-order valence-electron chi connectivity index (χ1n) is 11.0. The number of benzene rings is 2. The molecule has 0 aliphatic carbocycles. The number of carbonyl (C=O) groups excluding carboxylic acids is 1. The van der Waals surface area contributed by atoms with Gasteiger partial charge in [0.15, 0.2) is 17.3 Å². The van der Waals surface area contributed by atoms with Gasteiger partial charge >= 0.3 is 0 Å². The van der Waals surface area contributed by atoms with Crippen molar-refractivity contribution in [1.82, 2.24) is 5.01 Å². The molecule has 2 aliphatic heterocycles. The lowest BCUT2D eigenvalue weighted by Crippen LogP contribution is -2.35. The van der Waals surface area contributed by atoms with Crippen LogP contribution in [0.15, 0.2) is 46.0 Å². The van der Waals surface area contributed by atoms with Gasteiger partial charge in [-0.15, -0.1) is 0 Å². The van der Waals surface area contributed by atoms with Gasteiger partial charge in [0.05, 0.1) is 22.2 Å². The number of rotatable bonds is 8. The largest absolute Gasteiger partial charge is 0.490 e. The van der Waals surface area contributed by atoms with Crippen molar-refractivity contribution >= 4 is 51.4 Å². The van der Waals surface area contributed by atoms with Gasteiger partial charge in [-0.2, -0.15) is 15.1 Å². The van der Waals surface area contributed by atoms with Crippen LogP contribution in [-0.4, -0.2) is 46.8 Å². The third kappa shape index (κ3) is 5.52. The van der Waals surface area contributed by atoms with Crippen LogP contribution in [0.25, 0.3) is 6.08 Å². The van der Waals surface area contributed by atoms with Gasteiger partial charge < -0.3 is 14.2 Å². The van der Waals surface area contributed by atoms with Crippen molar-refractivity contribution in [3.63, 3.8) is 0 Å². The third-order valence-electron chi connectivity index (χ3n) is 5.13. The molecule has 0 saturated heterocycles. The Balaban J connectivity index is 1.52. The minimum absolute atomic E-state index is 0.0395. The Bertz CT molecular complexity index is 1290. The number of amidine groups is 2. The maximum atomic E-state index is 12.6. The van der Waals surface area contributed by atoms with E-state index >= 15 is 0 Å². The van der Waals surface area contributed by atoms with E-state index < -0.39 is 5.91 Å². The first kappa shape index (κ1) is 24.8. The van der Waals surface area contributed by atoms with Crippen molar-refractivity contribution < 1.29 is 19.0 Å². The van der Waals surface area contributed by atoms with Gasteiger partial charge in [-0.1, -0.05) is 23.7 Å². The lowest BCUT2D eigenvalue weighted by Gasteiger charge is -2.20. The van der Waals surface area contributed by atoms with E-state index in [2.05, 4.69) is 10.1 Å². The van der Waals surface area contributed by atoms with E-state index in [-0.39, 0.29) is 18.0 Å². The van der Waals surface area contributed by atoms with Gasteiger partial charge in [0.2, 0.25) is 5.17 Å². The highest BCUT2D eigenvalue weighted by atomic mass is 35.5. The number of nitrogens with zero attached hydrogens (tertiary/aromatic N) is 3. The number of fused-ring (bicyclic) bond motifs is 1. The van der Waals surface area contributed by atoms with E-state index in [1.807, 2.05) is 39.0 Å². The minimum Gasteiger partial charge on any atom is -0.490 e. The number of thioether (sulfide) groups is 1.